The van der Waals surface area contributed by atoms with Gasteiger partial charge >= 0.3 is 6.09 Å². The number of nitrogens with one attached hydrogen (secondary N) is 1. The highest BCUT2D eigenvalue weighted by atomic mass is 32.2. The molecule has 0 aliphatic carbocycles. The number of rotatable bonds is 7. The molecule has 0 saturated carbocycles. The topological polar surface area (TPSA) is 84.9 Å². The number of nitrogens with zero attached hydrogens (tertiary/aromatic N) is 1. The third-order valence-corrected chi connectivity index (χ3v) is 6.14. The molecule has 2 atom stereocenters. The number of cyclic esters (lactones) is 1. The highest BCUT2D eigenvalue weighted by Crippen LogP contribution is 2.26. The zero-order valence-electron chi connectivity index (χ0n) is 16.5. The number of thioether (sulfide) groups is 1. The first-order valence-corrected chi connectivity index (χ1v) is 10.7. The molecular formula is C22H22N2O5S. The summed E-state index contributed by atoms with van der Waals surface area (Å²) in [7, 11) is 0. The first kappa shape index (κ1) is 20.3. The minimum atomic E-state index is -0.374. The largest absolute Gasteiger partial charge is 0.457 e. The second kappa shape index (κ2) is 8.79. The van der Waals surface area contributed by atoms with Gasteiger partial charge in [0.05, 0.1) is 11.3 Å². The average Bonchev–Trinajstić information content (AvgIpc) is 3.25. The predicted octanol–water partition coefficient (Wildman–Crippen LogP) is 3.76. The van der Waals surface area contributed by atoms with Crippen molar-refractivity contribution in [3.63, 3.8) is 0 Å². The molecule has 2 unspecified atom stereocenters. The lowest BCUT2D eigenvalue weighted by Gasteiger charge is -2.19. The zero-order chi connectivity index (χ0) is 21.1. The second-order valence-corrected chi connectivity index (χ2v) is 8.37. The molecule has 2 aliphatic heterocycles. The van der Waals surface area contributed by atoms with Crippen molar-refractivity contribution < 1.29 is 23.9 Å². The second-order valence-electron chi connectivity index (χ2n) is 7.20. The summed E-state index contributed by atoms with van der Waals surface area (Å²) in [6.45, 7) is 3.01. The number of hydrogen-bond donors (Lipinski definition) is 1. The van der Waals surface area contributed by atoms with E-state index in [1.54, 1.807) is 4.90 Å². The molecule has 4 rings (SSSR count). The van der Waals surface area contributed by atoms with Gasteiger partial charge < -0.3 is 14.4 Å². The van der Waals surface area contributed by atoms with Gasteiger partial charge in [0, 0.05) is 6.54 Å². The lowest BCUT2D eigenvalue weighted by Crippen LogP contribution is -2.34. The van der Waals surface area contributed by atoms with Crippen LogP contribution < -0.4 is 10.1 Å². The van der Waals surface area contributed by atoms with Gasteiger partial charge in [0.25, 0.3) is 5.24 Å². The summed E-state index contributed by atoms with van der Waals surface area (Å²) in [5.41, 5.74) is 2.08. The molecule has 30 heavy (non-hydrogen) atoms. The molecule has 2 aromatic carbocycles. The summed E-state index contributed by atoms with van der Waals surface area (Å²) in [5.74, 6) is 1.17. The number of hydrogen-bond acceptors (Lipinski definition) is 6. The average molecular weight is 426 g/mol. The summed E-state index contributed by atoms with van der Waals surface area (Å²) in [4.78, 5) is 36.4. The van der Waals surface area contributed by atoms with Crippen LogP contribution in [-0.2, 0) is 22.4 Å². The standard InChI is InChI=1S/C22H22N2O5S/c1-2-24-16(13-28-22(24)27)11-14-3-7-17(8-4-14)29-18-9-5-15(6-10-18)12-19-20(25)23-21(26)30-19/h3-10,16,19H,2,11-13H2,1H3,(H,23,25,26). The van der Waals surface area contributed by atoms with E-state index in [4.69, 9.17) is 9.47 Å². The number of ether oxygens (including phenoxy) is 2. The Labute approximate surface area is 178 Å². The molecule has 0 spiro atoms. The first-order chi connectivity index (χ1) is 14.5. The summed E-state index contributed by atoms with van der Waals surface area (Å²) < 4.78 is 11.0. The molecule has 2 saturated heterocycles. The number of benzene rings is 2. The molecule has 8 heteroatoms. The maximum atomic E-state index is 11.7. The molecule has 2 fully saturated rings. The van der Waals surface area contributed by atoms with Crippen molar-refractivity contribution >= 4 is 29.0 Å². The van der Waals surface area contributed by atoms with E-state index < -0.39 is 0 Å². The molecule has 7 nitrogen and oxygen atoms in total. The monoisotopic (exact) mass is 426 g/mol. The number of carbonyl (C=O) groups is 3. The Morgan fingerprint density at radius 1 is 1.00 bits per heavy atom. The summed E-state index contributed by atoms with van der Waals surface area (Å²) in [5, 5.41) is 1.64. The lowest BCUT2D eigenvalue weighted by molar-refractivity contribution is -0.118. The van der Waals surface area contributed by atoms with E-state index in [2.05, 4.69) is 5.32 Å². The van der Waals surface area contributed by atoms with Crippen LogP contribution in [0.1, 0.15) is 18.1 Å². The van der Waals surface area contributed by atoms with Crippen molar-refractivity contribution in [3.8, 4) is 11.5 Å². The maximum absolute atomic E-state index is 11.7. The number of carbonyl (C=O) groups excluding carboxylic acids is 3. The quantitative estimate of drug-likeness (QED) is 0.726. The van der Waals surface area contributed by atoms with Gasteiger partial charge in [-0.1, -0.05) is 36.0 Å². The molecule has 3 amide bonds. The van der Waals surface area contributed by atoms with E-state index in [1.165, 1.54) is 0 Å². The van der Waals surface area contributed by atoms with E-state index in [1.807, 2.05) is 55.5 Å². The van der Waals surface area contributed by atoms with Crippen LogP contribution in [0.5, 0.6) is 11.5 Å². The minimum Gasteiger partial charge on any atom is -0.457 e. The van der Waals surface area contributed by atoms with Crippen LogP contribution in [0, 0.1) is 0 Å². The van der Waals surface area contributed by atoms with Crippen molar-refractivity contribution in [1.29, 1.82) is 0 Å². The Kier molecular flexibility index (Phi) is 5.94. The van der Waals surface area contributed by atoms with E-state index in [-0.39, 0.29) is 28.5 Å². The highest BCUT2D eigenvalue weighted by molar-refractivity contribution is 8.15. The van der Waals surface area contributed by atoms with Gasteiger partial charge in [-0.2, -0.15) is 0 Å². The lowest BCUT2D eigenvalue weighted by atomic mass is 10.1. The van der Waals surface area contributed by atoms with Gasteiger partial charge in [-0.05, 0) is 55.2 Å². The van der Waals surface area contributed by atoms with Gasteiger partial charge in [0.1, 0.15) is 18.1 Å². The summed E-state index contributed by atoms with van der Waals surface area (Å²) >= 11 is 1.03. The molecule has 2 heterocycles. The number of likely N-dealkylation sites (N-methyl/N-ethyl adjacent to an activating group) is 1. The zero-order valence-corrected chi connectivity index (χ0v) is 17.3. The van der Waals surface area contributed by atoms with Gasteiger partial charge in [-0.15, -0.1) is 0 Å². The summed E-state index contributed by atoms with van der Waals surface area (Å²) in [6.07, 6.45) is 0.994. The maximum Gasteiger partial charge on any atom is 0.410 e. The van der Waals surface area contributed by atoms with Crippen LogP contribution in [0.2, 0.25) is 0 Å². The Morgan fingerprint density at radius 3 is 2.13 bits per heavy atom. The van der Waals surface area contributed by atoms with Gasteiger partial charge in [0.2, 0.25) is 5.91 Å². The van der Waals surface area contributed by atoms with Crippen LogP contribution >= 0.6 is 11.8 Å². The van der Waals surface area contributed by atoms with Gasteiger partial charge in [-0.25, -0.2) is 4.79 Å². The van der Waals surface area contributed by atoms with Crippen LogP contribution in [0.4, 0.5) is 9.59 Å². The third-order valence-electron chi connectivity index (χ3n) is 5.16. The molecule has 0 radical (unpaired) electrons. The first-order valence-electron chi connectivity index (χ1n) is 9.82. The van der Waals surface area contributed by atoms with Crippen LogP contribution in [-0.4, -0.2) is 46.6 Å². The Morgan fingerprint density at radius 2 is 1.60 bits per heavy atom. The van der Waals surface area contributed by atoms with E-state index in [9.17, 15) is 14.4 Å². The van der Waals surface area contributed by atoms with Crippen molar-refractivity contribution in [2.45, 2.75) is 31.1 Å². The minimum absolute atomic E-state index is 0.0669. The molecule has 0 bridgehead atoms. The number of imide groups is 1. The van der Waals surface area contributed by atoms with Crippen LogP contribution in [0.15, 0.2) is 48.5 Å². The molecule has 1 N–H and O–H groups in total. The van der Waals surface area contributed by atoms with Crippen LogP contribution in [0.25, 0.3) is 0 Å². The van der Waals surface area contributed by atoms with Crippen LogP contribution in [0.3, 0.4) is 0 Å². The van der Waals surface area contributed by atoms with Crippen molar-refractivity contribution in [1.82, 2.24) is 10.2 Å². The fourth-order valence-corrected chi connectivity index (χ4v) is 4.44. The molecule has 0 aromatic heterocycles. The Hall–Kier alpha value is -3.00. The SMILES string of the molecule is CCN1C(=O)OCC1Cc1ccc(Oc2ccc(CC3SC(=O)NC3=O)cc2)cc1. The van der Waals surface area contributed by atoms with E-state index >= 15 is 0 Å². The van der Waals surface area contributed by atoms with Gasteiger partial charge in [-0.3, -0.25) is 14.9 Å². The molecular weight excluding hydrogens is 404 g/mol. The highest BCUT2D eigenvalue weighted by Gasteiger charge is 2.32. The third kappa shape index (κ3) is 4.59. The van der Waals surface area contributed by atoms with E-state index in [0.717, 1.165) is 29.3 Å². The Bertz CT molecular complexity index is 945. The molecule has 156 valence electrons. The van der Waals surface area contributed by atoms with Crippen molar-refractivity contribution in [2.75, 3.05) is 13.2 Å². The molecule has 2 aliphatic rings. The van der Waals surface area contributed by atoms with Gasteiger partial charge in [0.15, 0.2) is 0 Å². The summed E-state index contributed by atoms with van der Waals surface area (Å²) in [6, 6.07) is 15.4. The van der Waals surface area contributed by atoms with E-state index in [0.29, 0.717) is 31.1 Å². The fraction of sp³-hybridized carbons (Fsp3) is 0.318. The predicted molar refractivity (Wildman–Crippen MR) is 113 cm³/mol. The fourth-order valence-electron chi connectivity index (χ4n) is 3.58. The normalized spacial score (nSPS) is 21.0. The smallest absolute Gasteiger partial charge is 0.410 e. The molecule has 2 aromatic rings. The van der Waals surface area contributed by atoms with Crippen molar-refractivity contribution in [2.24, 2.45) is 0 Å². The number of amides is 3. The Balaban J connectivity index is 1.32. The van der Waals surface area contributed by atoms with Crippen molar-refractivity contribution in [3.05, 3.63) is 59.7 Å².